The minimum absolute atomic E-state index is 0.355. The van der Waals surface area contributed by atoms with E-state index >= 15 is 0 Å². The number of benzene rings is 3. The molecule has 0 aliphatic carbocycles. The molecule has 4 heteroatoms. The molecule has 0 fully saturated rings. The Hall–Kier alpha value is -3.66. The van der Waals surface area contributed by atoms with Crippen LogP contribution in [0.2, 0.25) is 0 Å². The molecule has 0 saturated heterocycles. The Bertz CT molecular complexity index is 1060. The minimum atomic E-state index is -0.359. The third-order valence-electron chi connectivity index (χ3n) is 4.57. The molecule has 0 aromatic heterocycles. The van der Waals surface area contributed by atoms with Gasteiger partial charge in [0.05, 0.1) is 0 Å². The zero-order valence-corrected chi connectivity index (χ0v) is 17.3. The number of allylic oxidation sites excluding steroid dienone is 1. The number of hydrogen-bond donors (Lipinski definition) is 0. The first kappa shape index (κ1) is 21.1. The minimum Gasteiger partial charge on any atom is -0.427 e. The van der Waals surface area contributed by atoms with Crippen molar-refractivity contribution in [2.24, 2.45) is 0 Å². The second kappa shape index (κ2) is 9.70. The predicted octanol–water partition coefficient (Wildman–Crippen LogP) is 5.91. The summed E-state index contributed by atoms with van der Waals surface area (Å²) in [5.41, 5.74) is 5.24. The fourth-order valence-corrected chi connectivity index (χ4v) is 3.42. The largest absolute Gasteiger partial charge is 0.427 e. The van der Waals surface area contributed by atoms with Crippen LogP contribution < -0.4 is 9.47 Å². The maximum absolute atomic E-state index is 11.4. The van der Waals surface area contributed by atoms with Crippen LogP contribution in [-0.2, 0) is 9.59 Å². The lowest BCUT2D eigenvalue weighted by molar-refractivity contribution is -0.132. The van der Waals surface area contributed by atoms with Crippen LogP contribution in [0.5, 0.6) is 11.5 Å². The van der Waals surface area contributed by atoms with Crippen molar-refractivity contribution in [2.75, 3.05) is 0 Å². The van der Waals surface area contributed by atoms with Gasteiger partial charge in [0.1, 0.15) is 11.5 Å². The number of carbonyl (C=O) groups excluding carboxylic acids is 2. The lowest BCUT2D eigenvalue weighted by Crippen LogP contribution is -2.03. The molecule has 3 aromatic carbocycles. The summed E-state index contributed by atoms with van der Waals surface area (Å²) in [6.45, 7) is 4.88. The number of carbonyl (C=O) groups is 2. The third kappa shape index (κ3) is 5.23. The maximum Gasteiger partial charge on any atom is 0.308 e. The highest BCUT2D eigenvalue weighted by Crippen LogP contribution is 2.36. The van der Waals surface area contributed by atoms with E-state index in [2.05, 4.69) is 19.1 Å². The van der Waals surface area contributed by atoms with Gasteiger partial charge in [-0.2, -0.15) is 0 Å². The van der Waals surface area contributed by atoms with E-state index in [1.165, 1.54) is 13.8 Å². The van der Waals surface area contributed by atoms with Crippen molar-refractivity contribution in [1.82, 2.24) is 0 Å². The average molecular weight is 400 g/mol. The molecule has 30 heavy (non-hydrogen) atoms. The second-order valence-corrected chi connectivity index (χ2v) is 6.81. The summed E-state index contributed by atoms with van der Waals surface area (Å²) in [6, 6.07) is 25.1. The highest BCUT2D eigenvalue weighted by atomic mass is 16.5. The van der Waals surface area contributed by atoms with Crippen LogP contribution in [0.25, 0.3) is 11.1 Å². The fourth-order valence-electron chi connectivity index (χ4n) is 3.42. The predicted molar refractivity (Wildman–Crippen MR) is 118 cm³/mol. The molecule has 0 amide bonds. The van der Waals surface area contributed by atoms with Crippen LogP contribution in [0, 0.1) is 0 Å². The molecular formula is C26H24O4. The standard InChI is InChI=1S/C26H24O4/c1-4-25(20-9-6-5-7-10-20)26(21-13-15-23(16-14-21)29-18(2)27)22-11-8-12-24(17-22)30-19(3)28/h5-17H,4H2,1-3H3/b26-25-. The van der Waals surface area contributed by atoms with Crippen LogP contribution >= 0.6 is 0 Å². The van der Waals surface area contributed by atoms with E-state index in [-0.39, 0.29) is 11.9 Å². The van der Waals surface area contributed by atoms with Gasteiger partial charge >= 0.3 is 11.9 Å². The van der Waals surface area contributed by atoms with E-state index < -0.39 is 0 Å². The summed E-state index contributed by atoms with van der Waals surface area (Å²) in [7, 11) is 0. The van der Waals surface area contributed by atoms with Crippen LogP contribution in [0.3, 0.4) is 0 Å². The summed E-state index contributed by atoms with van der Waals surface area (Å²) in [6.07, 6.45) is 0.808. The lowest BCUT2D eigenvalue weighted by atomic mass is 9.88. The highest BCUT2D eigenvalue weighted by molar-refractivity contribution is 5.98. The first-order valence-corrected chi connectivity index (χ1v) is 9.84. The van der Waals surface area contributed by atoms with E-state index in [1.807, 2.05) is 48.5 Å². The van der Waals surface area contributed by atoms with Crippen molar-refractivity contribution in [3.63, 3.8) is 0 Å². The average Bonchev–Trinajstić information content (AvgIpc) is 2.72. The van der Waals surface area contributed by atoms with Crippen LogP contribution in [0.1, 0.15) is 43.9 Å². The molecule has 152 valence electrons. The topological polar surface area (TPSA) is 52.6 Å². The molecular weight excluding hydrogens is 376 g/mol. The van der Waals surface area contributed by atoms with Crippen LogP contribution in [-0.4, -0.2) is 11.9 Å². The zero-order chi connectivity index (χ0) is 21.5. The summed E-state index contributed by atoms with van der Waals surface area (Å²) in [5, 5.41) is 0. The van der Waals surface area contributed by atoms with Gasteiger partial charge in [-0.15, -0.1) is 0 Å². The molecule has 0 radical (unpaired) electrons. The van der Waals surface area contributed by atoms with Gasteiger partial charge < -0.3 is 9.47 Å². The third-order valence-corrected chi connectivity index (χ3v) is 4.57. The molecule has 0 aliphatic rings. The zero-order valence-electron chi connectivity index (χ0n) is 17.3. The van der Waals surface area contributed by atoms with E-state index in [4.69, 9.17) is 9.47 Å². The number of hydrogen-bond acceptors (Lipinski definition) is 4. The molecule has 3 aromatic rings. The first-order valence-electron chi connectivity index (χ1n) is 9.84. The maximum atomic E-state index is 11.4. The Labute approximate surface area is 176 Å². The molecule has 0 atom stereocenters. The summed E-state index contributed by atoms with van der Waals surface area (Å²) in [5.74, 6) is 0.280. The van der Waals surface area contributed by atoms with Gasteiger partial charge in [0.2, 0.25) is 0 Å². The molecule has 0 heterocycles. The molecule has 3 rings (SSSR count). The van der Waals surface area contributed by atoms with E-state index in [9.17, 15) is 9.59 Å². The molecule has 0 spiro atoms. The van der Waals surface area contributed by atoms with Gasteiger partial charge in [0.25, 0.3) is 0 Å². The van der Waals surface area contributed by atoms with E-state index in [1.54, 1.807) is 18.2 Å². The SMILES string of the molecule is CC/C(=C(\c1ccc(OC(C)=O)cc1)c1cccc(OC(C)=O)c1)c1ccccc1. The Kier molecular flexibility index (Phi) is 6.81. The van der Waals surface area contributed by atoms with Gasteiger partial charge in [-0.1, -0.05) is 61.5 Å². The monoisotopic (exact) mass is 400 g/mol. The van der Waals surface area contributed by atoms with Crippen LogP contribution in [0.15, 0.2) is 78.9 Å². The smallest absolute Gasteiger partial charge is 0.308 e. The first-order chi connectivity index (χ1) is 14.5. The number of rotatable bonds is 6. The van der Waals surface area contributed by atoms with Crippen molar-refractivity contribution in [2.45, 2.75) is 27.2 Å². The van der Waals surface area contributed by atoms with Crippen molar-refractivity contribution in [3.05, 3.63) is 95.6 Å². The second-order valence-electron chi connectivity index (χ2n) is 6.81. The van der Waals surface area contributed by atoms with Gasteiger partial charge in [-0.05, 0) is 58.5 Å². The molecule has 4 nitrogen and oxygen atoms in total. The molecule has 0 aliphatic heterocycles. The van der Waals surface area contributed by atoms with Gasteiger partial charge in [0.15, 0.2) is 0 Å². The molecule has 0 saturated carbocycles. The van der Waals surface area contributed by atoms with Gasteiger partial charge in [-0.3, -0.25) is 9.59 Å². The number of esters is 2. The number of ether oxygens (including phenoxy) is 2. The van der Waals surface area contributed by atoms with Gasteiger partial charge in [0, 0.05) is 13.8 Å². The fraction of sp³-hybridized carbons (Fsp3) is 0.154. The molecule has 0 N–H and O–H groups in total. The van der Waals surface area contributed by atoms with Crippen LogP contribution in [0.4, 0.5) is 0 Å². The van der Waals surface area contributed by atoms with E-state index in [0.29, 0.717) is 11.5 Å². The Balaban J connectivity index is 2.18. The van der Waals surface area contributed by atoms with Crippen molar-refractivity contribution in [3.8, 4) is 11.5 Å². The molecule has 0 unspecified atom stereocenters. The highest BCUT2D eigenvalue weighted by Gasteiger charge is 2.14. The lowest BCUT2D eigenvalue weighted by Gasteiger charge is -2.17. The van der Waals surface area contributed by atoms with Crippen molar-refractivity contribution < 1.29 is 19.1 Å². The Morgan fingerprint density at radius 2 is 1.27 bits per heavy atom. The normalized spacial score (nSPS) is 11.4. The van der Waals surface area contributed by atoms with Crippen molar-refractivity contribution >= 4 is 23.1 Å². The summed E-state index contributed by atoms with van der Waals surface area (Å²) in [4.78, 5) is 22.7. The van der Waals surface area contributed by atoms with Gasteiger partial charge in [-0.25, -0.2) is 0 Å². The van der Waals surface area contributed by atoms with E-state index in [0.717, 1.165) is 34.3 Å². The Morgan fingerprint density at radius 3 is 1.87 bits per heavy atom. The summed E-state index contributed by atoms with van der Waals surface area (Å²) < 4.78 is 10.5. The Morgan fingerprint density at radius 1 is 0.667 bits per heavy atom. The summed E-state index contributed by atoms with van der Waals surface area (Å²) >= 11 is 0. The quantitative estimate of drug-likeness (QED) is 0.293. The van der Waals surface area contributed by atoms with Crippen molar-refractivity contribution in [1.29, 1.82) is 0 Å². The molecule has 0 bridgehead atoms.